The minimum atomic E-state index is 0. The van der Waals surface area contributed by atoms with Gasteiger partial charge >= 0.3 is 116 Å². The normalized spacial score (nSPS) is 0. The van der Waals surface area contributed by atoms with Gasteiger partial charge in [0, 0.05) is 0 Å². The van der Waals surface area contributed by atoms with Gasteiger partial charge in [-0.15, -0.1) is 0 Å². The molecule has 0 N–H and O–H groups in total. The Morgan fingerprint density at radius 1 is 1.00 bits per heavy atom. The van der Waals surface area contributed by atoms with Crippen LogP contribution in [-0.2, 0) is 32.7 Å². The first-order valence-electron chi connectivity index (χ1n) is 0. The summed E-state index contributed by atoms with van der Waals surface area (Å²) in [5.41, 5.74) is 0. The fourth-order valence-electron chi connectivity index (χ4n) is 0. The molecule has 0 amide bonds. The molecule has 0 aliphatic carbocycles. The van der Waals surface area contributed by atoms with Crippen LogP contribution in [0.3, 0.4) is 0 Å². The van der Waals surface area contributed by atoms with Crippen molar-refractivity contribution < 1.29 is 38.4 Å². The second kappa shape index (κ2) is 25.3. The summed E-state index contributed by atoms with van der Waals surface area (Å²) < 4.78 is 0. The van der Waals surface area contributed by atoms with Gasteiger partial charge in [0.15, 0.2) is 0 Å². The first-order valence-corrected chi connectivity index (χ1v) is 0. The third-order valence-electron chi connectivity index (χ3n) is 0. The molecule has 5 heteroatoms. The zero-order valence-corrected chi connectivity index (χ0v) is 12.2. The molecule has 0 saturated heterocycles. The predicted octanol–water partition coefficient (Wildman–Crippen LogP) is -0.552. The fourth-order valence-corrected chi connectivity index (χ4v) is 0. The Morgan fingerprint density at radius 2 is 1.00 bits per heavy atom. The van der Waals surface area contributed by atoms with Crippen molar-refractivity contribution in [3.05, 3.63) is 0 Å². The SMILES string of the molecule is [Ba+2].[H-].[H-].[H-].[H-].[O-2].[O-2].[Sr+2].[Ti+4]. The van der Waals surface area contributed by atoms with E-state index >= 15 is 0 Å². The van der Waals surface area contributed by atoms with Gasteiger partial charge in [-0.1, -0.05) is 0 Å². The molecule has 24 valence electrons. The zero-order valence-electron chi connectivity index (χ0n) is 6.73. The minimum absolute atomic E-state index is 0. The van der Waals surface area contributed by atoms with Crippen molar-refractivity contribution in [2.45, 2.75) is 0 Å². The van der Waals surface area contributed by atoms with E-state index in [0.717, 1.165) is 0 Å². The maximum absolute atomic E-state index is 0. The summed E-state index contributed by atoms with van der Waals surface area (Å²) in [5, 5.41) is 0. The van der Waals surface area contributed by atoms with E-state index < -0.39 is 0 Å². The number of hydrogen-bond donors (Lipinski definition) is 0. The molecule has 0 aliphatic heterocycles. The van der Waals surface area contributed by atoms with E-state index in [9.17, 15) is 0 Å². The van der Waals surface area contributed by atoms with Crippen LogP contribution in [0.25, 0.3) is 0 Å². The summed E-state index contributed by atoms with van der Waals surface area (Å²) in [6.45, 7) is 0. The summed E-state index contributed by atoms with van der Waals surface area (Å²) in [5.74, 6) is 0. The minimum Gasteiger partial charge on any atom is -2.00 e. The zero-order chi connectivity index (χ0) is 0. The summed E-state index contributed by atoms with van der Waals surface area (Å²) in [4.78, 5) is 0. The van der Waals surface area contributed by atoms with E-state index in [1.807, 2.05) is 0 Å². The summed E-state index contributed by atoms with van der Waals surface area (Å²) in [7, 11) is 0. The molecule has 0 heterocycles. The molecule has 0 rings (SSSR count). The number of hydrogen-bond acceptors (Lipinski definition) is 0. The van der Waals surface area contributed by atoms with Crippen LogP contribution < -0.4 is 0 Å². The summed E-state index contributed by atoms with van der Waals surface area (Å²) in [6, 6.07) is 0. The second-order valence-corrected chi connectivity index (χ2v) is 0. The quantitative estimate of drug-likeness (QED) is 0.539. The van der Waals surface area contributed by atoms with Gasteiger partial charge in [-0.2, -0.15) is 0 Å². The summed E-state index contributed by atoms with van der Waals surface area (Å²) in [6.07, 6.45) is 0. The Morgan fingerprint density at radius 3 is 1.00 bits per heavy atom. The van der Waals surface area contributed by atoms with Crippen LogP contribution >= 0.6 is 0 Å². The van der Waals surface area contributed by atoms with Crippen LogP contribution in [-0.4, -0.2) is 94.4 Å². The fraction of sp³-hybridized carbons (Fsp3) is 0. The van der Waals surface area contributed by atoms with Crippen molar-refractivity contribution in [3.63, 3.8) is 0 Å². The first kappa shape index (κ1) is 37.8. The Hall–Kier alpha value is 3.69. The monoisotopic (exact) mass is 310 g/mol. The molecule has 2 nitrogen and oxygen atoms in total. The summed E-state index contributed by atoms with van der Waals surface area (Å²) >= 11 is 0. The molecule has 0 bridgehead atoms. The Labute approximate surface area is 129 Å². The van der Waals surface area contributed by atoms with Crippen molar-refractivity contribution >= 4 is 94.4 Å². The largest absolute Gasteiger partial charge is 4.00 e. The van der Waals surface area contributed by atoms with Crippen molar-refractivity contribution in [3.8, 4) is 0 Å². The second-order valence-electron chi connectivity index (χ2n) is 0. The molecule has 0 spiro atoms. The molecule has 0 fully saturated rings. The van der Waals surface area contributed by atoms with Crippen LogP contribution in [0.15, 0.2) is 0 Å². The topological polar surface area (TPSA) is 57.0 Å². The van der Waals surface area contributed by atoms with Gasteiger partial charge in [-0.05, 0) is 0 Å². The van der Waals surface area contributed by atoms with Crippen molar-refractivity contribution in [2.24, 2.45) is 0 Å². The smallest absolute Gasteiger partial charge is 2.00 e. The van der Waals surface area contributed by atoms with Crippen LogP contribution in [0.4, 0.5) is 0 Å². The van der Waals surface area contributed by atoms with Gasteiger partial charge in [0.2, 0.25) is 0 Å². The Kier molecular flexibility index (Phi) is 191. The van der Waals surface area contributed by atoms with E-state index in [-0.39, 0.29) is 133 Å². The van der Waals surface area contributed by atoms with Crippen LogP contribution in [0.5, 0.6) is 0 Å². The van der Waals surface area contributed by atoms with Gasteiger partial charge in [-0.3, -0.25) is 0 Å². The molecule has 5 heavy (non-hydrogen) atoms. The molecule has 0 aliphatic rings. The average Bonchev–Trinajstić information content (AvgIpc) is 0. The van der Waals surface area contributed by atoms with E-state index in [4.69, 9.17) is 0 Å². The van der Waals surface area contributed by atoms with Gasteiger partial charge in [-0.25, -0.2) is 0 Å². The molecular formula is H4BaO2SrTi. The maximum Gasteiger partial charge on any atom is 4.00 e. The van der Waals surface area contributed by atoms with E-state index in [0.29, 0.717) is 0 Å². The molecule has 0 saturated carbocycles. The maximum atomic E-state index is 0. The Balaban J connectivity index is 0. The van der Waals surface area contributed by atoms with Crippen molar-refractivity contribution in [1.82, 2.24) is 0 Å². The van der Waals surface area contributed by atoms with Gasteiger partial charge in [0.1, 0.15) is 0 Å². The van der Waals surface area contributed by atoms with Crippen LogP contribution in [0.2, 0.25) is 0 Å². The third-order valence-corrected chi connectivity index (χ3v) is 0. The average molecular weight is 309 g/mol. The molecule has 0 unspecified atom stereocenters. The van der Waals surface area contributed by atoms with E-state index in [1.54, 1.807) is 0 Å². The van der Waals surface area contributed by atoms with E-state index in [2.05, 4.69) is 0 Å². The molecule has 0 aromatic rings. The standard InChI is InChI=1S/Ba.2O.Sr.Ti.4H/q+2;2*-2;+2;+4;4*-1. The van der Waals surface area contributed by atoms with Crippen LogP contribution in [0.1, 0.15) is 5.71 Å². The molecule has 0 atom stereocenters. The van der Waals surface area contributed by atoms with Gasteiger partial charge in [0.05, 0.1) is 0 Å². The van der Waals surface area contributed by atoms with Gasteiger partial charge < -0.3 is 16.7 Å². The number of rotatable bonds is 0. The molecular weight excluding hydrogens is 305 g/mol. The third kappa shape index (κ3) is 18.3. The van der Waals surface area contributed by atoms with Crippen molar-refractivity contribution in [1.29, 1.82) is 0 Å². The van der Waals surface area contributed by atoms with Gasteiger partial charge in [0.25, 0.3) is 0 Å². The van der Waals surface area contributed by atoms with Crippen LogP contribution in [0, 0.1) is 0 Å². The van der Waals surface area contributed by atoms with Crippen molar-refractivity contribution in [2.75, 3.05) is 0 Å². The molecule has 0 radical (unpaired) electrons. The Bertz CT molecular complexity index is 18.5. The first-order chi connectivity index (χ1) is 0. The molecule has 0 aromatic carbocycles. The molecule has 0 aromatic heterocycles. The predicted molar refractivity (Wildman–Crippen MR) is 17.3 cm³/mol. The van der Waals surface area contributed by atoms with E-state index in [1.165, 1.54) is 0 Å².